The molecule has 1 aliphatic heterocycles. The van der Waals surface area contributed by atoms with E-state index < -0.39 is 35.8 Å². The number of hydrogen-bond acceptors (Lipinski definition) is 5. The number of likely N-dealkylation sites (N-methyl/N-ethyl adjacent to an activating group) is 1. The van der Waals surface area contributed by atoms with Crippen molar-refractivity contribution in [3.8, 4) is 5.75 Å². The molecule has 4 saturated carbocycles. The van der Waals surface area contributed by atoms with Crippen LogP contribution in [0.4, 0.5) is 4.79 Å². The number of rotatable bonds is 6. The minimum Gasteiger partial charge on any atom is -0.496 e. The number of methoxy groups -OCH3 is 1. The van der Waals surface area contributed by atoms with Crippen LogP contribution >= 0.6 is 0 Å². The van der Waals surface area contributed by atoms with Gasteiger partial charge < -0.3 is 9.64 Å². The Morgan fingerprint density at radius 3 is 2.22 bits per heavy atom. The SMILES string of the molecule is COc1ccccc1CN(C)C(=O)CN1C(=O)C(=O)N(C23CC4CC(CC(C4)C2)C3)C1=O. The van der Waals surface area contributed by atoms with Crippen molar-refractivity contribution in [2.24, 2.45) is 17.8 Å². The molecule has 8 heteroatoms. The largest absolute Gasteiger partial charge is 0.496 e. The van der Waals surface area contributed by atoms with Gasteiger partial charge in [-0.15, -0.1) is 0 Å². The molecule has 8 nitrogen and oxygen atoms in total. The van der Waals surface area contributed by atoms with Crippen LogP contribution in [0.15, 0.2) is 24.3 Å². The second-order valence-corrected chi connectivity index (χ2v) is 10.0. The number of ether oxygens (including phenoxy) is 1. The summed E-state index contributed by atoms with van der Waals surface area (Å²) in [6.07, 6.45) is 5.87. The normalized spacial score (nSPS) is 30.9. The highest BCUT2D eigenvalue weighted by molar-refractivity contribution is 6.45. The zero-order valence-corrected chi connectivity index (χ0v) is 18.6. The Kier molecular flexibility index (Phi) is 4.98. The van der Waals surface area contributed by atoms with Crippen LogP contribution < -0.4 is 4.74 Å². The molecule has 0 radical (unpaired) electrons. The third-order valence-corrected chi connectivity index (χ3v) is 7.85. The molecule has 4 aliphatic carbocycles. The molecule has 5 amide bonds. The van der Waals surface area contributed by atoms with Crippen LogP contribution in [0, 0.1) is 17.8 Å². The van der Waals surface area contributed by atoms with E-state index in [1.54, 1.807) is 14.2 Å². The topological polar surface area (TPSA) is 87.2 Å². The van der Waals surface area contributed by atoms with Gasteiger partial charge in [-0.2, -0.15) is 0 Å². The van der Waals surface area contributed by atoms with Crippen molar-refractivity contribution in [1.29, 1.82) is 0 Å². The number of imide groups is 2. The van der Waals surface area contributed by atoms with Gasteiger partial charge in [-0.1, -0.05) is 18.2 Å². The van der Waals surface area contributed by atoms with E-state index in [2.05, 4.69) is 0 Å². The fourth-order valence-corrected chi connectivity index (χ4v) is 6.84. The number of amides is 5. The molecule has 0 N–H and O–H groups in total. The number of hydrogen-bond donors (Lipinski definition) is 0. The lowest BCUT2D eigenvalue weighted by Gasteiger charge is -2.58. The predicted molar refractivity (Wildman–Crippen MR) is 114 cm³/mol. The molecule has 1 saturated heterocycles. The average Bonchev–Trinajstić information content (AvgIpc) is 2.96. The number of benzene rings is 1. The van der Waals surface area contributed by atoms with Crippen molar-refractivity contribution in [1.82, 2.24) is 14.7 Å². The lowest BCUT2D eigenvalue weighted by molar-refractivity contribution is -0.150. The highest BCUT2D eigenvalue weighted by atomic mass is 16.5. The van der Waals surface area contributed by atoms with E-state index in [-0.39, 0.29) is 6.54 Å². The Morgan fingerprint density at radius 2 is 1.62 bits per heavy atom. The second kappa shape index (κ2) is 7.60. The predicted octanol–water partition coefficient (Wildman–Crippen LogP) is 2.41. The van der Waals surface area contributed by atoms with Crippen molar-refractivity contribution >= 4 is 23.8 Å². The summed E-state index contributed by atoms with van der Waals surface area (Å²) in [5.41, 5.74) is 0.274. The van der Waals surface area contributed by atoms with E-state index >= 15 is 0 Å². The summed E-state index contributed by atoms with van der Waals surface area (Å²) in [6.45, 7) is -0.163. The fraction of sp³-hybridized carbons (Fsp3) is 0.583. The summed E-state index contributed by atoms with van der Waals surface area (Å²) in [6, 6.07) is 6.74. The number of para-hydroxylation sites is 1. The molecule has 5 aliphatic rings. The third-order valence-electron chi connectivity index (χ3n) is 7.85. The van der Waals surface area contributed by atoms with Gasteiger partial charge in [-0.3, -0.25) is 14.4 Å². The third kappa shape index (κ3) is 3.27. The second-order valence-electron chi connectivity index (χ2n) is 10.0. The maximum atomic E-state index is 13.3. The summed E-state index contributed by atoms with van der Waals surface area (Å²) in [7, 11) is 3.17. The lowest BCUT2D eigenvalue weighted by atomic mass is 9.52. The van der Waals surface area contributed by atoms with Gasteiger partial charge in [-0.25, -0.2) is 14.6 Å². The Morgan fingerprint density at radius 1 is 1.03 bits per heavy atom. The van der Waals surface area contributed by atoms with Crippen LogP contribution in [0.25, 0.3) is 0 Å². The van der Waals surface area contributed by atoms with Crippen LogP contribution in [-0.2, 0) is 20.9 Å². The summed E-state index contributed by atoms with van der Waals surface area (Å²) in [5.74, 6) is 0.183. The Labute approximate surface area is 187 Å². The maximum absolute atomic E-state index is 13.3. The van der Waals surface area contributed by atoms with Crippen molar-refractivity contribution < 1.29 is 23.9 Å². The van der Waals surface area contributed by atoms with E-state index in [0.29, 0.717) is 23.5 Å². The maximum Gasteiger partial charge on any atom is 0.335 e. The minimum absolute atomic E-state index is 0.270. The molecule has 0 aromatic heterocycles. The molecule has 1 aromatic carbocycles. The van der Waals surface area contributed by atoms with E-state index in [4.69, 9.17) is 4.74 Å². The number of nitrogens with zero attached hydrogens (tertiary/aromatic N) is 3. The van der Waals surface area contributed by atoms with Gasteiger partial charge in [0.1, 0.15) is 12.3 Å². The van der Waals surface area contributed by atoms with Gasteiger partial charge in [0.05, 0.1) is 12.6 Å². The molecule has 6 rings (SSSR count). The average molecular weight is 440 g/mol. The number of carbonyl (C=O) groups excluding carboxylic acids is 4. The first-order valence-corrected chi connectivity index (χ1v) is 11.4. The van der Waals surface area contributed by atoms with Gasteiger partial charge in [0.2, 0.25) is 5.91 Å². The van der Waals surface area contributed by atoms with Crippen LogP contribution in [0.5, 0.6) is 5.75 Å². The monoisotopic (exact) mass is 439 g/mol. The lowest BCUT2D eigenvalue weighted by Crippen LogP contribution is -2.62. The molecule has 0 atom stereocenters. The molecule has 32 heavy (non-hydrogen) atoms. The Bertz CT molecular complexity index is 954. The van der Waals surface area contributed by atoms with Crippen LogP contribution in [-0.4, -0.2) is 64.7 Å². The smallest absolute Gasteiger partial charge is 0.335 e. The zero-order chi connectivity index (χ0) is 22.6. The van der Waals surface area contributed by atoms with Gasteiger partial charge in [0, 0.05) is 19.2 Å². The highest BCUT2D eigenvalue weighted by Gasteiger charge is 2.61. The quantitative estimate of drug-likeness (QED) is 0.502. The van der Waals surface area contributed by atoms with Crippen LogP contribution in [0.3, 0.4) is 0 Å². The molecule has 0 unspecified atom stereocenters. The summed E-state index contributed by atoms with van der Waals surface area (Å²) < 4.78 is 5.33. The molecule has 5 fully saturated rings. The standard InChI is InChI=1S/C24H29N3O5/c1-25(13-18-5-3-4-6-19(18)32-2)20(28)14-26-21(29)22(30)27(23(26)31)24-10-15-7-16(11-24)9-17(8-15)12-24/h3-6,15-17H,7-14H2,1-2H3. The van der Waals surface area contributed by atoms with Gasteiger partial charge in [0.15, 0.2) is 0 Å². The van der Waals surface area contributed by atoms with Gasteiger partial charge in [0.25, 0.3) is 0 Å². The molecule has 170 valence electrons. The van der Waals surface area contributed by atoms with Gasteiger partial charge in [-0.05, 0) is 62.3 Å². The molecular formula is C24H29N3O5. The first-order valence-electron chi connectivity index (χ1n) is 11.4. The zero-order valence-electron chi connectivity index (χ0n) is 18.6. The first-order chi connectivity index (χ1) is 15.3. The minimum atomic E-state index is -0.884. The van der Waals surface area contributed by atoms with Crippen LogP contribution in [0.2, 0.25) is 0 Å². The highest BCUT2D eigenvalue weighted by Crippen LogP contribution is 2.58. The Balaban J connectivity index is 1.31. The van der Waals surface area contributed by atoms with Gasteiger partial charge >= 0.3 is 17.8 Å². The Hall–Kier alpha value is -2.90. The van der Waals surface area contributed by atoms with Crippen molar-refractivity contribution in [2.45, 2.75) is 50.6 Å². The molecular weight excluding hydrogens is 410 g/mol. The van der Waals surface area contributed by atoms with Crippen molar-refractivity contribution in [2.75, 3.05) is 20.7 Å². The van der Waals surface area contributed by atoms with E-state index in [1.165, 1.54) is 29.1 Å². The van der Waals surface area contributed by atoms with Crippen molar-refractivity contribution in [3.63, 3.8) is 0 Å². The molecule has 4 bridgehead atoms. The van der Waals surface area contributed by atoms with E-state index in [9.17, 15) is 19.2 Å². The molecule has 1 aromatic rings. The summed E-state index contributed by atoms with van der Waals surface area (Å²) in [4.78, 5) is 55.3. The molecule has 1 heterocycles. The van der Waals surface area contributed by atoms with Crippen molar-refractivity contribution in [3.05, 3.63) is 29.8 Å². The van der Waals surface area contributed by atoms with E-state index in [0.717, 1.165) is 29.7 Å². The first kappa shape index (κ1) is 21.0. The van der Waals surface area contributed by atoms with E-state index in [1.807, 2.05) is 24.3 Å². The summed E-state index contributed by atoms with van der Waals surface area (Å²) in [5, 5.41) is 0. The number of carbonyl (C=O) groups is 4. The van der Waals surface area contributed by atoms with Crippen LogP contribution in [0.1, 0.15) is 44.1 Å². The number of urea groups is 1. The fourth-order valence-electron chi connectivity index (χ4n) is 6.84. The summed E-state index contributed by atoms with van der Waals surface area (Å²) >= 11 is 0. The molecule has 0 spiro atoms.